The van der Waals surface area contributed by atoms with E-state index in [0.717, 1.165) is 25.8 Å². The number of thiazole rings is 1. The normalized spacial score (nSPS) is 10.8. The summed E-state index contributed by atoms with van der Waals surface area (Å²) in [7, 11) is 0. The highest BCUT2D eigenvalue weighted by atomic mass is 79.9. The summed E-state index contributed by atoms with van der Waals surface area (Å²) < 4.78 is 7.79. The van der Waals surface area contributed by atoms with Crippen molar-refractivity contribution in [1.82, 2.24) is 9.97 Å². The lowest BCUT2D eigenvalue weighted by molar-refractivity contribution is -0.120. The Kier molecular flexibility index (Phi) is 5.87. The third-order valence-electron chi connectivity index (χ3n) is 4.38. The van der Waals surface area contributed by atoms with E-state index in [0.29, 0.717) is 17.4 Å². The second-order valence-corrected chi connectivity index (χ2v) is 8.43. The molecule has 0 fully saturated rings. The SMILES string of the molecule is Cc1ccccc1OCC(=O)N(Cc1cccnc1)c1nc2ccc(Br)cc2s1. The molecular weight excluding hydrogens is 450 g/mol. The van der Waals surface area contributed by atoms with Crippen LogP contribution in [0.5, 0.6) is 5.75 Å². The van der Waals surface area contributed by atoms with Gasteiger partial charge in [-0.3, -0.25) is 14.7 Å². The summed E-state index contributed by atoms with van der Waals surface area (Å²) in [5.74, 6) is 0.547. The van der Waals surface area contributed by atoms with Crippen molar-refractivity contribution in [3.8, 4) is 5.75 Å². The fourth-order valence-corrected chi connectivity index (χ4v) is 4.41. The first-order valence-electron chi connectivity index (χ1n) is 9.04. The lowest BCUT2D eigenvalue weighted by atomic mass is 10.2. The average Bonchev–Trinajstić information content (AvgIpc) is 3.14. The molecule has 0 N–H and O–H groups in total. The number of ether oxygens (including phenoxy) is 1. The molecule has 0 saturated carbocycles. The van der Waals surface area contributed by atoms with Gasteiger partial charge >= 0.3 is 0 Å². The minimum Gasteiger partial charge on any atom is -0.483 e. The highest BCUT2D eigenvalue weighted by Crippen LogP contribution is 2.32. The predicted octanol–water partition coefficient (Wildman–Crippen LogP) is 5.37. The Labute approximate surface area is 181 Å². The van der Waals surface area contributed by atoms with E-state index in [1.165, 1.54) is 11.3 Å². The third-order valence-corrected chi connectivity index (χ3v) is 5.91. The van der Waals surface area contributed by atoms with Crippen LogP contribution in [0, 0.1) is 6.92 Å². The van der Waals surface area contributed by atoms with Gasteiger partial charge in [-0.05, 0) is 48.4 Å². The van der Waals surface area contributed by atoms with Gasteiger partial charge in [-0.2, -0.15) is 0 Å². The number of anilines is 1. The Morgan fingerprint density at radius 2 is 2.03 bits per heavy atom. The van der Waals surface area contributed by atoms with E-state index in [2.05, 4.69) is 25.9 Å². The first-order chi connectivity index (χ1) is 14.1. The number of hydrogen-bond donors (Lipinski definition) is 0. The summed E-state index contributed by atoms with van der Waals surface area (Å²) in [6.07, 6.45) is 3.47. The average molecular weight is 468 g/mol. The van der Waals surface area contributed by atoms with Crippen molar-refractivity contribution < 1.29 is 9.53 Å². The molecule has 2 aromatic carbocycles. The predicted molar refractivity (Wildman–Crippen MR) is 119 cm³/mol. The topological polar surface area (TPSA) is 55.3 Å². The van der Waals surface area contributed by atoms with Gasteiger partial charge in [0.05, 0.1) is 16.8 Å². The molecule has 146 valence electrons. The van der Waals surface area contributed by atoms with Crippen molar-refractivity contribution in [3.63, 3.8) is 0 Å². The number of benzene rings is 2. The molecular formula is C22H18BrN3O2S. The molecule has 0 bridgehead atoms. The van der Waals surface area contributed by atoms with Gasteiger partial charge in [-0.15, -0.1) is 0 Å². The van der Waals surface area contributed by atoms with Crippen LogP contribution in [-0.2, 0) is 11.3 Å². The number of aryl methyl sites for hydroxylation is 1. The van der Waals surface area contributed by atoms with Crippen molar-refractivity contribution in [2.45, 2.75) is 13.5 Å². The van der Waals surface area contributed by atoms with E-state index in [-0.39, 0.29) is 12.5 Å². The zero-order valence-corrected chi connectivity index (χ0v) is 18.1. The van der Waals surface area contributed by atoms with Crippen LogP contribution in [0.2, 0.25) is 0 Å². The summed E-state index contributed by atoms with van der Waals surface area (Å²) in [6, 6.07) is 17.4. The van der Waals surface area contributed by atoms with E-state index < -0.39 is 0 Å². The molecule has 0 radical (unpaired) electrons. The minimum atomic E-state index is -0.157. The second-order valence-electron chi connectivity index (χ2n) is 6.50. The standard InChI is InChI=1S/C22H18BrN3O2S/c1-15-5-2-3-7-19(15)28-14-21(27)26(13-16-6-4-10-24-12-16)22-25-18-9-8-17(23)11-20(18)29-22/h2-12H,13-14H2,1H3. The highest BCUT2D eigenvalue weighted by Gasteiger charge is 2.21. The number of rotatable bonds is 6. The van der Waals surface area contributed by atoms with Crippen molar-refractivity contribution in [2.75, 3.05) is 11.5 Å². The molecule has 0 aliphatic carbocycles. The van der Waals surface area contributed by atoms with Gasteiger partial charge in [0.15, 0.2) is 11.7 Å². The fraction of sp³-hybridized carbons (Fsp3) is 0.136. The Morgan fingerprint density at radius 1 is 1.17 bits per heavy atom. The first-order valence-corrected chi connectivity index (χ1v) is 10.6. The zero-order valence-electron chi connectivity index (χ0n) is 15.7. The molecule has 5 nitrogen and oxygen atoms in total. The number of para-hydroxylation sites is 1. The van der Waals surface area contributed by atoms with Gasteiger partial charge in [0.2, 0.25) is 0 Å². The molecule has 4 aromatic rings. The maximum atomic E-state index is 13.1. The van der Waals surface area contributed by atoms with Crippen LogP contribution < -0.4 is 9.64 Å². The molecule has 2 heterocycles. The number of halogens is 1. The second kappa shape index (κ2) is 8.71. The highest BCUT2D eigenvalue weighted by molar-refractivity contribution is 9.10. The third kappa shape index (κ3) is 4.63. The summed E-state index contributed by atoms with van der Waals surface area (Å²) in [4.78, 5) is 23.6. The number of carbonyl (C=O) groups is 1. The van der Waals surface area contributed by atoms with E-state index in [1.807, 2.05) is 61.5 Å². The number of aromatic nitrogens is 2. The monoisotopic (exact) mass is 467 g/mol. The Balaban J connectivity index is 1.61. The van der Waals surface area contributed by atoms with E-state index >= 15 is 0 Å². The number of hydrogen-bond acceptors (Lipinski definition) is 5. The van der Waals surface area contributed by atoms with E-state index in [1.54, 1.807) is 17.3 Å². The van der Waals surface area contributed by atoms with E-state index in [4.69, 9.17) is 4.74 Å². The molecule has 0 saturated heterocycles. The van der Waals surface area contributed by atoms with Gasteiger partial charge in [-0.25, -0.2) is 4.98 Å². The van der Waals surface area contributed by atoms with Gasteiger partial charge in [-0.1, -0.05) is 51.5 Å². The summed E-state index contributed by atoms with van der Waals surface area (Å²) in [5.41, 5.74) is 2.78. The molecule has 1 amide bonds. The van der Waals surface area contributed by atoms with Gasteiger partial charge in [0.25, 0.3) is 5.91 Å². The van der Waals surface area contributed by atoms with Crippen molar-refractivity contribution >= 4 is 48.5 Å². The molecule has 0 aliphatic rings. The van der Waals surface area contributed by atoms with Crippen LogP contribution in [-0.4, -0.2) is 22.5 Å². The van der Waals surface area contributed by atoms with Gasteiger partial charge in [0, 0.05) is 16.9 Å². The number of fused-ring (bicyclic) bond motifs is 1. The van der Waals surface area contributed by atoms with Crippen LogP contribution in [0.4, 0.5) is 5.13 Å². The van der Waals surface area contributed by atoms with Crippen LogP contribution >= 0.6 is 27.3 Å². The number of nitrogens with zero attached hydrogens (tertiary/aromatic N) is 3. The minimum absolute atomic E-state index is 0.0647. The van der Waals surface area contributed by atoms with Crippen LogP contribution in [0.1, 0.15) is 11.1 Å². The first kappa shape index (κ1) is 19.5. The van der Waals surface area contributed by atoms with Crippen LogP contribution in [0.3, 0.4) is 0 Å². The molecule has 29 heavy (non-hydrogen) atoms. The van der Waals surface area contributed by atoms with Crippen molar-refractivity contribution in [3.05, 3.63) is 82.6 Å². The summed E-state index contributed by atoms with van der Waals surface area (Å²) >= 11 is 4.97. The molecule has 7 heteroatoms. The smallest absolute Gasteiger partial charge is 0.267 e. The number of amides is 1. The Bertz CT molecular complexity index is 1150. The van der Waals surface area contributed by atoms with Crippen LogP contribution in [0.25, 0.3) is 10.2 Å². The molecule has 2 aromatic heterocycles. The molecule has 0 atom stereocenters. The fourth-order valence-electron chi connectivity index (χ4n) is 2.87. The Hall–Kier alpha value is -2.77. The quantitative estimate of drug-likeness (QED) is 0.382. The summed E-state index contributed by atoms with van der Waals surface area (Å²) in [6.45, 7) is 2.27. The Morgan fingerprint density at radius 3 is 2.83 bits per heavy atom. The van der Waals surface area contributed by atoms with Crippen molar-refractivity contribution in [2.24, 2.45) is 0 Å². The lowest BCUT2D eigenvalue weighted by Gasteiger charge is -2.20. The number of pyridine rings is 1. The summed E-state index contributed by atoms with van der Waals surface area (Å²) in [5, 5.41) is 0.639. The lowest BCUT2D eigenvalue weighted by Crippen LogP contribution is -2.34. The van der Waals surface area contributed by atoms with Crippen LogP contribution in [0.15, 0.2) is 71.5 Å². The molecule has 4 rings (SSSR count). The van der Waals surface area contributed by atoms with Gasteiger partial charge in [0.1, 0.15) is 5.75 Å². The van der Waals surface area contributed by atoms with Crippen molar-refractivity contribution in [1.29, 1.82) is 0 Å². The van der Waals surface area contributed by atoms with E-state index in [9.17, 15) is 4.79 Å². The molecule has 0 spiro atoms. The molecule has 0 unspecified atom stereocenters. The maximum Gasteiger partial charge on any atom is 0.267 e. The largest absolute Gasteiger partial charge is 0.483 e. The maximum absolute atomic E-state index is 13.1. The van der Waals surface area contributed by atoms with Gasteiger partial charge < -0.3 is 4.74 Å². The number of carbonyl (C=O) groups excluding carboxylic acids is 1. The molecule has 0 aliphatic heterocycles. The zero-order chi connectivity index (χ0) is 20.2.